The molecule has 0 radical (unpaired) electrons. The fourth-order valence-corrected chi connectivity index (χ4v) is 1.75. The topological polar surface area (TPSA) is 12.9 Å². The molecular formula is C16H17N. The Morgan fingerprint density at radius 3 is 2.82 bits per heavy atom. The molecule has 0 saturated carbocycles. The van der Waals surface area contributed by atoms with Crippen molar-refractivity contribution in [1.29, 1.82) is 0 Å². The van der Waals surface area contributed by atoms with Crippen LogP contribution in [0.3, 0.4) is 0 Å². The molecule has 0 aliphatic heterocycles. The van der Waals surface area contributed by atoms with Crippen molar-refractivity contribution in [2.45, 2.75) is 32.6 Å². The minimum atomic E-state index is 0.875. The molecule has 0 unspecified atom stereocenters. The first-order valence-electron chi connectivity index (χ1n) is 6.25. The molecule has 0 saturated heterocycles. The van der Waals surface area contributed by atoms with E-state index < -0.39 is 0 Å². The fraction of sp³-hybridized carbons (Fsp3) is 0.312. The van der Waals surface area contributed by atoms with Gasteiger partial charge < -0.3 is 0 Å². The zero-order chi connectivity index (χ0) is 11.9. The van der Waals surface area contributed by atoms with E-state index in [0.29, 0.717) is 0 Å². The minimum absolute atomic E-state index is 0.875. The summed E-state index contributed by atoms with van der Waals surface area (Å²) in [5, 5.41) is 1.17. The van der Waals surface area contributed by atoms with E-state index in [1.54, 1.807) is 0 Å². The van der Waals surface area contributed by atoms with E-state index in [9.17, 15) is 0 Å². The maximum atomic E-state index is 4.52. The Morgan fingerprint density at radius 2 is 1.94 bits per heavy atom. The Hall–Kier alpha value is -1.81. The summed E-state index contributed by atoms with van der Waals surface area (Å²) < 4.78 is 0. The van der Waals surface area contributed by atoms with E-state index in [-0.39, 0.29) is 0 Å². The number of hydrogen-bond donors (Lipinski definition) is 0. The van der Waals surface area contributed by atoms with Crippen molar-refractivity contribution in [3.05, 3.63) is 42.1 Å². The van der Waals surface area contributed by atoms with Gasteiger partial charge in [0.1, 0.15) is 5.69 Å². The first-order valence-corrected chi connectivity index (χ1v) is 6.25. The van der Waals surface area contributed by atoms with Crippen LogP contribution in [0.1, 0.15) is 38.3 Å². The lowest BCUT2D eigenvalue weighted by Crippen LogP contribution is -1.83. The third-order valence-electron chi connectivity index (χ3n) is 2.72. The third-order valence-corrected chi connectivity index (χ3v) is 2.72. The highest BCUT2D eigenvalue weighted by Gasteiger charge is 1.93. The smallest absolute Gasteiger partial charge is 0.113 e. The number of fused-ring (bicyclic) bond motifs is 1. The van der Waals surface area contributed by atoms with Gasteiger partial charge in [-0.15, -0.1) is 0 Å². The largest absolute Gasteiger partial charge is 0.239 e. The van der Waals surface area contributed by atoms with Crippen LogP contribution in [0.2, 0.25) is 0 Å². The molecule has 0 fully saturated rings. The second-order valence-corrected chi connectivity index (χ2v) is 4.15. The summed E-state index contributed by atoms with van der Waals surface area (Å²) in [5.41, 5.74) is 1.90. The summed E-state index contributed by atoms with van der Waals surface area (Å²) in [6, 6.07) is 12.2. The first kappa shape index (κ1) is 11.7. The number of hydrogen-bond acceptors (Lipinski definition) is 1. The number of nitrogens with zero attached hydrogens (tertiary/aromatic N) is 1. The van der Waals surface area contributed by atoms with Gasteiger partial charge in [-0.1, -0.05) is 50.0 Å². The number of pyridine rings is 1. The second-order valence-electron chi connectivity index (χ2n) is 4.15. The van der Waals surface area contributed by atoms with Crippen molar-refractivity contribution in [3.63, 3.8) is 0 Å². The molecule has 2 aromatic rings. The van der Waals surface area contributed by atoms with Crippen molar-refractivity contribution >= 4 is 10.9 Å². The first-order chi connectivity index (χ1) is 8.40. The van der Waals surface area contributed by atoms with Crippen molar-refractivity contribution in [3.8, 4) is 11.8 Å². The van der Waals surface area contributed by atoms with Gasteiger partial charge in [0.05, 0.1) is 5.52 Å². The van der Waals surface area contributed by atoms with Gasteiger partial charge in [-0.05, 0) is 24.5 Å². The van der Waals surface area contributed by atoms with E-state index in [0.717, 1.165) is 17.6 Å². The van der Waals surface area contributed by atoms with E-state index in [2.05, 4.69) is 35.9 Å². The molecule has 0 N–H and O–H groups in total. The van der Waals surface area contributed by atoms with E-state index in [1.165, 1.54) is 24.6 Å². The molecule has 1 aromatic carbocycles. The third kappa shape index (κ3) is 3.32. The van der Waals surface area contributed by atoms with Gasteiger partial charge in [-0.3, -0.25) is 0 Å². The Labute approximate surface area is 103 Å². The van der Waals surface area contributed by atoms with Gasteiger partial charge in [-0.2, -0.15) is 0 Å². The second kappa shape index (κ2) is 6.06. The highest BCUT2D eigenvalue weighted by Crippen LogP contribution is 2.11. The van der Waals surface area contributed by atoms with Crippen LogP contribution in [0.4, 0.5) is 0 Å². The molecule has 0 bridgehead atoms. The lowest BCUT2D eigenvalue weighted by molar-refractivity contribution is 0.737. The fourth-order valence-electron chi connectivity index (χ4n) is 1.75. The summed E-state index contributed by atoms with van der Waals surface area (Å²) in [5.74, 6) is 6.32. The molecule has 86 valence electrons. The van der Waals surface area contributed by atoms with Gasteiger partial charge in [-0.25, -0.2) is 4.98 Å². The van der Waals surface area contributed by atoms with Crippen molar-refractivity contribution < 1.29 is 0 Å². The number of aromatic nitrogens is 1. The highest BCUT2D eigenvalue weighted by atomic mass is 14.7. The van der Waals surface area contributed by atoms with Crippen LogP contribution in [-0.4, -0.2) is 4.98 Å². The zero-order valence-electron chi connectivity index (χ0n) is 10.2. The average Bonchev–Trinajstić information content (AvgIpc) is 2.38. The molecule has 0 aliphatic carbocycles. The predicted molar refractivity (Wildman–Crippen MR) is 72.8 cm³/mol. The van der Waals surface area contributed by atoms with Crippen LogP contribution >= 0.6 is 0 Å². The van der Waals surface area contributed by atoms with Crippen molar-refractivity contribution in [2.75, 3.05) is 0 Å². The quantitative estimate of drug-likeness (QED) is 0.562. The predicted octanol–water partition coefficient (Wildman–Crippen LogP) is 4.17. The zero-order valence-corrected chi connectivity index (χ0v) is 10.2. The maximum absolute atomic E-state index is 4.52. The minimum Gasteiger partial charge on any atom is -0.239 e. The summed E-state index contributed by atoms with van der Waals surface area (Å²) in [7, 11) is 0. The standard InChI is InChI=1S/C16H17N/c1-2-3-4-5-6-10-15-13-12-14-9-7-8-11-16(14)17-15/h7-9,11-13H,2-5H2,1H3. The molecule has 1 heteroatoms. The summed E-state index contributed by atoms with van der Waals surface area (Å²) in [6.07, 6.45) is 4.68. The molecule has 0 aliphatic rings. The van der Waals surface area contributed by atoms with Crippen LogP contribution in [0, 0.1) is 11.8 Å². The molecule has 0 spiro atoms. The molecule has 1 nitrogen and oxygen atoms in total. The SMILES string of the molecule is CCCCCC#Cc1ccc2ccccc2n1. The molecule has 2 rings (SSSR count). The Bertz CT molecular complexity index is 546. The van der Waals surface area contributed by atoms with E-state index in [1.807, 2.05) is 24.3 Å². The Morgan fingerprint density at radius 1 is 1.06 bits per heavy atom. The van der Waals surface area contributed by atoms with Gasteiger partial charge in [0.15, 0.2) is 0 Å². The lowest BCUT2D eigenvalue weighted by Gasteiger charge is -1.96. The Balaban J connectivity index is 2.08. The average molecular weight is 223 g/mol. The molecule has 17 heavy (non-hydrogen) atoms. The summed E-state index contributed by atoms with van der Waals surface area (Å²) >= 11 is 0. The highest BCUT2D eigenvalue weighted by molar-refractivity contribution is 5.78. The lowest BCUT2D eigenvalue weighted by atomic mass is 10.2. The molecule has 0 atom stereocenters. The molecular weight excluding hydrogens is 206 g/mol. The number of benzene rings is 1. The number of rotatable bonds is 3. The molecule has 1 heterocycles. The van der Waals surface area contributed by atoms with E-state index in [4.69, 9.17) is 0 Å². The van der Waals surface area contributed by atoms with Crippen molar-refractivity contribution in [1.82, 2.24) is 4.98 Å². The molecule has 0 amide bonds. The van der Waals surface area contributed by atoms with Crippen LogP contribution in [0.5, 0.6) is 0 Å². The number of unbranched alkanes of at least 4 members (excludes halogenated alkanes) is 3. The van der Waals surface area contributed by atoms with Crippen molar-refractivity contribution in [2.24, 2.45) is 0 Å². The Kier molecular flexibility index (Phi) is 4.16. The van der Waals surface area contributed by atoms with Crippen LogP contribution in [-0.2, 0) is 0 Å². The normalized spacial score (nSPS) is 9.94. The van der Waals surface area contributed by atoms with Gasteiger partial charge in [0.25, 0.3) is 0 Å². The van der Waals surface area contributed by atoms with Crippen LogP contribution < -0.4 is 0 Å². The summed E-state index contributed by atoms with van der Waals surface area (Å²) in [6.45, 7) is 2.21. The maximum Gasteiger partial charge on any atom is 0.113 e. The van der Waals surface area contributed by atoms with Crippen LogP contribution in [0.15, 0.2) is 36.4 Å². The summed E-state index contributed by atoms with van der Waals surface area (Å²) in [4.78, 5) is 4.52. The van der Waals surface area contributed by atoms with Crippen LogP contribution in [0.25, 0.3) is 10.9 Å². The molecule has 1 aromatic heterocycles. The number of para-hydroxylation sites is 1. The van der Waals surface area contributed by atoms with Gasteiger partial charge in [0, 0.05) is 11.8 Å². The monoisotopic (exact) mass is 223 g/mol. The van der Waals surface area contributed by atoms with Gasteiger partial charge in [0.2, 0.25) is 0 Å². The van der Waals surface area contributed by atoms with E-state index >= 15 is 0 Å². The van der Waals surface area contributed by atoms with Gasteiger partial charge >= 0.3 is 0 Å².